The molecule has 3 N–H and O–H groups in total. The van der Waals surface area contributed by atoms with Gasteiger partial charge in [-0.05, 0) is 49.2 Å². The van der Waals surface area contributed by atoms with Gasteiger partial charge in [-0.3, -0.25) is 4.79 Å². The summed E-state index contributed by atoms with van der Waals surface area (Å²) < 4.78 is 5.59. The lowest BCUT2D eigenvalue weighted by atomic mass is 10.1. The first-order valence-corrected chi connectivity index (χ1v) is 7.41. The number of nitrogens with two attached hydrogens (primary N) is 1. The van der Waals surface area contributed by atoms with Crippen molar-refractivity contribution in [1.82, 2.24) is 5.32 Å². The van der Waals surface area contributed by atoms with Crippen LogP contribution in [0.15, 0.2) is 48.5 Å². The molecule has 0 aliphatic rings. The number of benzene rings is 2. The summed E-state index contributed by atoms with van der Waals surface area (Å²) in [5, 5.41) is 2.91. The van der Waals surface area contributed by atoms with E-state index < -0.39 is 0 Å². The van der Waals surface area contributed by atoms with E-state index in [0.29, 0.717) is 18.7 Å². The van der Waals surface area contributed by atoms with Gasteiger partial charge in [-0.15, -0.1) is 0 Å². The first-order chi connectivity index (χ1) is 10.6. The Hall–Kier alpha value is -2.33. The van der Waals surface area contributed by atoms with Gasteiger partial charge in [-0.2, -0.15) is 0 Å². The summed E-state index contributed by atoms with van der Waals surface area (Å²) in [5.74, 6) is 0.735. The molecule has 116 valence electrons. The van der Waals surface area contributed by atoms with Crippen LogP contribution in [-0.2, 0) is 13.1 Å². The number of carbonyl (C=O) groups excluding carboxylic acids is 1. The fourth-order valence-corrected chi connectivity index (χ4v) is 2.08. The lowest BCUT2D eigenvalue weighted by molar-refractivity contribution is 0.0951. The number of hydrogen-bond donors (Lipinski definition) is 2. The summed E-state index contributed by atoms with van der Waals surface area (Å²) in [6.45, 7) is 4.89. The van der Waals surface area contributed by atoms with Crippen LogP contribution >= 0.6 is 0 Å². The van der Waals surface area contributed by atoms with Gasteiger partial charge in [0.05, 0.1) is 6.10 Å². The molecular weight excluding hydrogens is 276 g/mol. The van der Waals surface area contributed by atoms with E-state index in [1.54, 1.807) is 6.07 Å². The van der Waals surface area contributed by atoms with Crippen LogP contribution in [0, 0.1) is 0 Å². The van der Waals surface area contributed by atoms with Gasteiger partial charge in [0.15, 0.2) is 0 Å². The average Bonchev–Trinajstić information content (AvgIpc) is 2.53. The zero-order valence-corrected chi connectivity index (χ0v) is 13.0. The molecule has 1 amide bonds. The summed E-state index contributed by atoms with van der Waals surface area (Å²) >= 11 is 0. The summed E-state index contributed by atoms with van der Waals surface area (Å²) in [5.41, 5.74) is 8.19. The van der Waals surface area contributed by atoms with Crippen LogP contribution in [0.2, 0.25) is 0 Å². The van der Waals surface area contributed by atoms with Gasteiger partial charge in [0.1, 0.15) is 5.75 Å². The molecule has 4 heteroatoms. The Morgan fingerprint density at radius 2 is 1.86 bits per heavy atom. The highest BCUT2D eigenvalue weighted by Crippen LogP contribution is 2.14. The number of nitrogens with one attached hydrogen (secondary N) is 1. The highest BCUT2D eigenvalue weighted by molar-refractivity contribution is 5.94. The van der Waals surface area contributed by atoms with E-state index in [2.05, 4.69) is 5.32 Å². The molecule has 0 spiro atoms. The zero-order chi connectivity index (χ0) is 15.9. The third-order valence-electron chi connectivity index (χ3n) is 3.17. The Morgan fingerprint density at radius 3 is 2.50 bits per heavy atom. The second-order valence-electron chi connectivity index (χ2n) is 5.40. The SMILES string of the molecule is CC(C)Oc1ccc(CNC(=O)c2cccc(CN)c2)cc1. The summed E-state index contributed by atoms with van der Waals surface area (Å²) in [4.78, 5) is 12.1. The van der Waals surface area contributed by atoms with E-state index in [4.69, 9.17) is 10.5 Å². The first kappa shape index (κ1) is 16.0. The highest BCUT2D eigenvalue weighted by atomic mass is 16.5. The number of ether oxygens (including phenoxy) is 1. The third kappa shape index (κ3) is 4.60. The third-order valence-corrected chi connectivity index (χ3v) is 3.17. The molecule has 2 aromatic rings. The quantitative estimate of drug-likeness (QED) is 0.862. The van der Waals surface area contributed by atoms with Crippen LogP contribution in [0.25, 0.3) is 0 Å². The van der Waals surface area contributed by atoms with Gasteiger partial charge < -0.3 is 15.8 Å². The van der Waals surface area contributed by atoms with Gasteiger partial charge in [-0.1, -0.05) is 24.3 Å². The molecule has 2 aromatic carbocycles. The average molecular weight is 298 g/mol. The Morgan fingerprint density at radius 1 is 1.14 bits per heavy atom. The van der Waals surface area contributed by atoms with Crippen molar-refractivity contribution in [3.8, 4) is 5.75 Å². The van der Waals surface area contributed by atoms with Gasteiger partial charge in [0.25, 0.3) is 5.91 Å². The van der Waals surface area contributed by atoms with Crippen LogP contribution in [0.4, 0.5) is 0 Å². The van der Waals surface area contributed by atoms with Gasteiger partial charge in [0, 0.05) is 18.7 Å². The van der Waals surface area contributed by atoms with Crippen molar-refractivity contribution < 1.29 is 9.53 Å². The van der Waals surface area contributed by atoms with Crippen molar-refractivity contribution in [3.05, 3.63) is 65.2 Å². The molecule has 0 saturated heterocycles. The van der Waals surface area contributed by atoms with Crippen LogP contribution < -0.4 is 15.8 Å². The topological polar surface area (TPSA) is 64.3 Å². The fraction of sp³-hybridized carbons (Fsp3) is 0.278. The maximum atomic E-state index is 12.1. The normalized spacial score (nSPS) is 10.5. The lowest BCUT2D eigenvalue weighted by Gasteiger charge is -2.10. The second kappa shape index (κ2) is 7.61. The van der Waals surface area contributed by atoms with Crippen LogP contribution in [0.1, 0.15) is 35.3 Å². The van der Waals surface area contributed by atoms with Crippen molar-refractivity contribution in [2.45, 2.75) is 33.0 Å². The highest BCUT2D eigenvalue weighted by Gasteiger charge is 2.06. The molecule has 4 nitrogen and oxygen atoms in total. The minimum absolute atomic E-state index is 0.0993. The number of hydrogen-bond acceptors (Lipinski definition) is 3. The minimum atomic E-state index is -0.0993. The molecular formula is C18H22N2O2. The monoisotopic (exact) mass is 298 g/mol. The van der Waals surface area contributed by atoms with E-state index in [1.807, 2.05) is 56.3 Å². The Bertz CT molecular complexity index is 621. The fourth-order valence-electron chi connectivity index (χ4n) is 2.08. The first-order valence-electron chi connectivity index (χ1n) is 7.41. The molecule has 0 fully saturated rings. The van der Waals surface area contributed by atoms with Gasteiger partial charge in [-0.25, -0.2) is 0 Å². The molecule has 22 heavy (non-hydrogen) atoms. The number of carbonyl (C=O) groups is 1. The molecule has 0 atom stereocenters. The Kier molecular flexibility index (Phi) is 5.55. The molecule has 0 bridgehead atoms. The molecule has 2 rings (SSSR count). The van der Waals surface area contributed by atoms with Gasteiger partial charge in [0.2, 0.25) is 0 Å². The van der Waals surface area contributed by atoms with E-state index in [1.165, 1.54) is 0 Å². The Labute approximate surface area is 131 Å². The molecule has 0 heterocycles. The standard InChI is InChI=1S/C18H22N2O2/c1-13(2)22-17-8-6-14(7-9-17)12-20-18(21)16-5-3-4-15(10-16)11-19/h3-10,13H,11-12,19H2,1-2H3,(H,20,21). The molecule has 0 aromatic heterocycles. The van der Waals surface area contributed by atoms with Crippen LogP contribution in [-0.4, -0.2) is 12.0 Å². The number of amides is 1. The smallest absolute Gasteiger partial charge is 0.251 e. The maximum Gasteiger partial charge on any atom is 0.251 e. The zero-order valence-electron chi connectivity index (χ0n) is 13.0. The van der Waals surface area contributed by atoms with Crippen LogP contribution in [0.5, 0.6) is 5.75 Å². The predicted octanol–water partition coefficient (Wildman–Crippen LogP) is 2.86. The molecule has 0 aliphatic heterocycles. The Balaban J connectivity index is 1.93. The largest absolute Gasteiger partial charge is 0.491 e. The number of rotatable bonds is 6. The lowest BCUT2D eigenvalue weighted by Crippen LogP contribution is -2.23. The van der Waals surface area contributed by atoms with Crippen LogP contribution in [0.3, 0.4) is 0 Å². The molecule has 0 saturated carbocycles. The second-order valence-corrected chi connectivity index (χ2v) is 5.40. The molecule has 0 aliphatic carbocycles. The van der Waals surface area contributed by atoms with Crippen molar-refractivity contribution in [2.24, 2.45) is 5.73 Å². The van der Waals surface area contributed by atoms with Crippen molar-refractivity contribution >= 4 is 5.91 Å². The van der Waals surface area contributed by atoms with E-state index in [-0.39, 0.29) is 12.0 Å². The molecule has 0 radical (unpaired) electrons. The molecule has 0 unspecified atom stereocenters. The van der Waals surface area contributed by atoms with Gasteiger partial charge >= 0.3 is 0 Å². The van der Waals surface area contributed by atoms with Crippen molar-refractivity contribution in [1.29, 1.82) is 0 Å². The summed E-state index contributed by atoms with van der Waals surface area (Å²) in [6.07, 6.45) is 0.153. The van der Waals surface area contributed by atoms with Crippen molar-refractivity contribution in [3.63, 3.8) is 0 Å². The van der Waals surface area contributed by atoms with Crippen molar-refractivity contribution in [2.75, 3.05) is 0 Å². The van der Waals surface area contributed by atoms with E-state index in [0.717, 1.165) is 16.9 Å². The predicted molar refractivity (Wildman–Crippen MR) is 87.7 cm³/mol. The minimum Gasteiger partial charge on any atom is -0.491 e. The van der Waals surface area contributed by atoms with E-state index in [9.17, 15) is 4.79 Å². The summed E-state index contributed by atoms with van der Waals surface area (Å²) in [7, 11) is 0. The summed E-state index contributed by atoms with van der Waals surface area (Å²) in [6, 6.07) is 15.1. The maximum absolute atomic E-state index is 12.1. The van der Waals surface area contributed by atoms with E-state index >= 15 is 0 Å².